The Labute approximate surface area is 245 Å². The van der Waals surface area contributed by atoms with E-state index in [1.54, 1.807) is 12.1 Å². The molecular weight excluding hydrogens is 575 g/mol. The Morgan fingerprint density at radius 1 is 1.09 bits per heavy atom. The van der Waals surface area contributed by atoms with Crippen molar-refractivity contribution in [1.82, 2.24) is 10.6 Å². The number of nitro benzene ring substituents is 1. The zero-order valence-electron chi connectivity index (χ0n) is 23.5. The maximum atomic E-state index is 14.2. The van der Waals surface area contributed by atoms with Crippen molar-refractivity contribution in [2.24, 2.45) is 0 Å². The van der Waals surface area contributed by atoms with E-state index in [2.05, 4.69) is 10.6 Å². The van der Waals surface area contributed by atoms with Crippen molar-refractivity contribution in [3.05, 3.63) is 92.8 Å². The van der Waals surface area contributed by atoms with Crippen LogP contribution in [0.3, 0.4) is 0 Å². The molecule has 2 unspecified atom stereocenters. The van der Waals surface area contributed by atoms with Gasteiger partial charge < -0.3 is 30.0 Å². The summed E-state index contributed by atoms with van der Waals surface area (Å²) in [6, 6.07) is 13.6. The Morgan fingerprint density at radius 3 is 2.47 bits per heavy atom. The summed E-state index contributed by atoms with van der Waals surface area (Å²) in [5.41, 5.74) is -3.44. The van der Waals surface area contributed by atoms with Gasteiger partial charge in [-0.1, -0.05) is 30.3 Å². The first kappa shape index (κ1) is 33.1. The first-order valence-electron chi connectivity index (χ1n) is 13.3. The summed E-state index contributed by atoms with van der Waals surface area (Å²) in [5.74, 6) is -3.39. The molecule has 1 aliphatic heterocycles. The summed E-state index contributed by atoms with van der Waals surface area (Å²) < 4.78 is 57.9. The number of methoxy groups -OCH3 is 1. The number of carbonyl (C=O) groups is 2. The van der Waals surface area contributed by atoms with Crippen LogP contribution in [0.1, 0.15) is 31.2 Å². The van der Waals surface area contributed by atoms with Crippen molar-refractivity contribution >= 4 is 17.6 Å². The number of hydrogen-bond acceptors (Lipinski definition) is 10. The first-order valence-corrected chi connectivity index (χ1v) is 13.3. The number of hydrogen-bond donors (Lipinski definition) is 3. The molecule has 2 atom stereocenters. The quantitative estimate of drug-likeness (QED) is 0.125. The minimum Gasteiger partial charge on any atom is -0.491 e. The monoisotopic (exact) mass is 607 g/mol. The van der Waals surface area contributed by atoms with Crippen LogP contribution in [-0.2, 0) is 19.1 Å². The number of halogens is 3. The van der Waals surface area contributed by atoms with E-state index in [-0.39, 0.29) is 43.0 Å². The number of para-hydroxylation sites is 1. The highest BCUT2D eigenvalue weighted by atomic mass is 19.4. The number of dihydropyridines is 1. The Morgan fingerprint density at radius 2 is 1.81 bits per heavy atom. The third-order valence-electron chi connectivity index (χ3n) is 6.43. The number of unbranched alkanes of at least 4 members (excludes halogenated alkanes) is 1. The molecule has 232 valence electrons. The minimum absolute atomic E-state index is 0.0759. The van der Waals surface area contributed by atoms with Crippen LogP contribution >= 0.6 is 0 Å². The zero-order chi connectivity index (χ0) is 31.6. The van der Waals surface area contributed by atoms with Gasteiger partial charge in [-0.3, -0.25) is 10.1 Å². The number of nitro groups is 1. The Hall–Kier alpha value is -4.43. The van der Waals surface area contributed by atoms with Crippen LogP contribution < -0.4 is 15.4 Å². The third kappa shape index (κ3) is 9.03. The Bertz CT molecular complexity index is 1360. The first-order chi connectivity index (χ1) is 20.4. The van der Waals surface area contributed by atoms with E-state index in [1.165, 1.54) is 19.1 Å². The van der Waals surface area contributed by atoms with Gasteiger partial charge in [-0.15, -0.1) is 0 Å². The van der Waals surface area contributed by atoms with Gasteiger partial charge in [0, 0.05) is 24.4 Å². The average molecular weight is 608 g/mol. The van der Waals surface area contributed by atoms with Gasteiger partial charge in [-0.05, 0) is 44.0 Å². The van der Waals surface area contributed by atoms with E-state index in [9.17, 15) is 38.0 Å². The molecule has 0 amide bonds. The Balaban J connectivity index is 1.67. The number of non-ortho nitro benzene ring substituents is 1. The maximum Gasteiger partial charge on any atom is 0.431 e. The number of alkyl halides is 3. The minimum atomic E-state index is -5.05. The fraction of sp³-hybridized carbons (Fsp3) is 0.379. The summed E-state index contributed by atoms with van der Waals surface area (Å²) in [6.07, 6.45) is -5.09. The van der Waals surface area contributed by atoms with E-state index < -0.39 is 52.0 Å². The van der Waals surface area contributed by atoms with Crippen molar-refractivity contribution in [2.45, 2.75) is 38.0 Å². The average Bonchev–Trinajstić information content (AvgIpc) is 2.98. The van der Waals surface area contributed by atoms with Gasteiger partial charge in [0.05, 0.1) is 35.7 Å². The summed E-state index contributed by atoms with van der Waals surface area (Å²) in [5, 5.41) is 26.5. The van der Waals surface area contributed by atoms with Gasteiger partial charge >= 0.3 is 18.1 Å². The second-order valence-electron chi connectivity index (χ2n) is 9.55. The van der Waals surface area contributed by atoms with Gasteiger partial charge in [0.15, 0.2) is 0 Å². The molecule has 43 heavy (non-hydrogen) atoms. The van der Waals surface area contributed by atoms with Crippen molar-refractivity contribution < 1.29 is 47.0 Å². The maximum absolute atomic E-state index is 14.2. The van der Waals surface area contributed by atoms with Gasteiger partial charge in [0.25, 0.3) is 5.69 Å². The van der Waals surface area contributed by atoms with E-state index in [4.69, 9.17) is 14.2 Å². The van der Waals surface area contributed by atoms with E-state index in [0.717, 1.165) is 19.2 Å². The number of rotatable bonds is 14. The number of aliphatic hydroxyl groups excluding tert-OH is 1. The third-order valence-corrected chi connectivity index (χ3v) is 6.43. The van der Waals surface area contributed by atoms with Crippen LogP contribution in [0.25, 0.3) is 0 Å². The number of benzene rings is 2. The lowest BCUT2D eigenvalue weighted by Crippen LogP contribution is -2.38. The van der Waals surface area contributed by atoms with Crippen LogP contribution in [-0.4, -0.2) is 67.7 Å². The molecule has 0 saturated carbocycles. The van der Waals surface area contributed by atoms with Crippen LogP contribution in [0.4, 0.5) is 18.9 Å². The molecule has 0 radical (unpaired) electrons. The number of allylic oxidation sites excluding steroid dienone is 2. The number of carbonyl (C=O) groups excluding carboxylic acids is 2. The van der Waals surface area contributed by atoms with Crippen LogP contribution in [0.5, 0.6) is 5.75 Å². The lowest BCUT2D eigenvalue weighted by molar-refractivity contribution is -0.384. The summed E-state index contributed by atoms with van der Waals surface area (Å²) in [6.45, 7) is 1.69. The number of nitrogens with zero attached hydrogens (tertiary/aromatic N) is 1. The molecule has 0 aromatic heterocycles. The highest BCUT2D eigenvalue weighted by molar-refractivity contribution is 6.00. The van der Waals surface area contributed by atoms with Crippen molar-refractivity contribution in [3.8, 4) is 5.75 Å². The van der Waals surface area contributed by atoms with Crippen molar-refractivity contribution in [3.63, 3.8) is 0 Å². The summed E-state index contributed by atoms with van der Waals surface area (Å²) >= 11 is 0. The molecule has 0 saturated heterocycles. The van der Waals surface area contributed by atoms with E-state index in [1.807, 2.05) is 18.2 Å². The Kier molecular flexibility index (Phi) is 11.7. The predicted octanol–water partition coefficient (Wildman–Crippen LogP) is 3.90. The zero-order valence-corrected chi connectivity index (χ0v) is 23.5. The molecule has 2 aromatic carbocycles. The smallest absolute Gasteiger partial charge is 0.431 e. The van der Waals surface area contributed by atoms with Gasteiger partial charge in [-0.2, -0.15) is 13.2 Å². The fourth-order valence-corrected chi connectivity index (χ4v) is 4.43. The van der Waals surface area contributed by atoms with Crippen molar-refractivity contribution in [1.29, 1.82) is 0 Å². The highest BCUT2D eigenvalue weighted by Gasteiger charge is 2.47. The van der Waals surface area contributed by atoms with E-state index in [0.29, 0.717) is 18.7 Å². The SMILES string of the molecule is COC(=O)C1=C(C)NC(C(F)(F)F)=C(C(=O)OCCCCNCC(O)COc2ccccc2)C1c1cccc([N+](=O)[O-])c1. The predicted molar refractivity (Wildman–Crippen MR) is 148 cm³/mol. The molecule has 3 N–H and O–H groups in total. The normalized spacial score (nSPS) is 15.9. The lowest BCUT2D eigenvalue weighted by Gasteiger charge is -2.32. The number of aliphatic hydroxyl groups is 1. The highest BCUT2D eigenvalue weighted by Crippen LogP contribution is 2.44. The fourth-order valence-electron chi connectivity index (χ4n) is 4.43. The topological polar surface area (TPSA) is 149 Å². The van der Waals surface area contributed by atoms with Gasteiger partial charge in [-0.25, -0.2) is 9.59 Å². The molecule has 1 aliphatic rings. The molecule has 0 bridgehead atoms. The lowest BCUT2D eigenvalue weighted by atomic mass is 9.80. The van der Waals surface area contributed by atoms with Crippen LogP contribution in [0, 0.1) is 10.1 Å². The second-order valence-corrected chi connectivity index (χ2v) is 9.55. The van der Waals surface area contributed by atoms with Crippen LogP contribution in [0.2, 0.25) is 0 Å². The molecule has 0 aliphatic carbocycles. The molecule has 3 rings (SSSR count). The molecule has 2 aromatic rings. The van der Waals surface area contributed by atoms with Gasteiger partial charge in [0.2, 0.25) is 0 Å². The standard InChI is InChI=1S/C29H32F3N3O8/c1-18-23(27(37)41-2)24(19-9-8-10-20(15-19)35(39)40)25(26(34-18)29(30,31)32)28(38)42-14-7-6-13-33-16-21(36)17-43-22-11-4-3-5-12-22/h3-5,8-12,15,21,24,33-34,36H,6-7,13-14,16-17H2,1-2H3. The largest absolute Gasteiger partial charge is 0.491 e. The summed E-state index contributed by atoms with van der Waals surface area (Å²) in [7, 11) is 1.03. The molecule has 0 spiro atoms. The van der Waals surface area contributed by atoms with Gasteiger partial charge in [0.1, 0.15) is 24.2 Å². The summed E-state index contributed by atoms with van der Waals surface area (Å²) in [4.78, 5) is 36.5. The second kappa shape index (κ2) is 15.2. The molecule has 14 heteroatoms. The number of nitrogens with one attached hydrogen (secondary N) is 2. The van der Waals surface area contributed by atoms with Crippen molar-refractivity contribution in [2.75, 3.05) is 33.4 Å². The van der Waals surface area contributed by atoms with Crippen LogP contribution in [0.15, 0.2) is 77.1 Å². The molecule has 11 nitrogen and oxygen atoms in total. The number of ether oxygens (including phenoxy) is 3. The molecular formula is C29H32F3N3O8. The molecule has 1 heterocycles. The number of esters is 2. The molecule has 0 fully saturated rings. The van der Waals surface area contributed by atoms with E-state index >= 15 is 0 Å².